The summed E-state index contributed by atoms with van der Waals surface area (Å²) in [5, 5.41) is 0. The summed E-state index contributed by atoms with van der Waals surface area (Å²) in [6.07, 6.45) is 22.1. The number of methoxy groups -OCH3 is 1. The number of rotatable bonds is 18. The maximum atomic E-state index is 12.0. The van der Waals surface area contributed by atoms with Gasteiger partial charge in [-0.2, -0.15) is 0 Å². The number of esters is 1. The molecule has 0 aromatic heterocycles. The van der Waals surface area contributed by atoms with E-state index in [0.717, 1.165) is 25.7 Å². The summed E-state index contributed by atoms with van der Waals surface area (Å²) in [5.41, 5.74) is -0.230. The minimum atomic E-state index is -0.230. The van der Waals surface area contributed by atoms with E-state index in [0.29, 0.717) is 0 Å². The van der Waals surface area contributed by atoms with Crippen LogP contribution in [0.4, 0.5) is 0 Å². The van der Waals surface area contributed by atoms with Crippen molar-refractivity contribution in [2.24, 2.45) is 5.41 Å². The van der Waals surface area contributed by atoms with Gasteiger partial charge in [-0.05, 0) is 19.3 Å². The molecule has 150 valence electrons. The lowest BCUT2D eigenvalue weighted by Crippen LogP contribution is -2.31. The maximum absolute atomic E-state index is 12.0. The van der Waals surface area contributed by atoms with Crippen molar-refractivity contribution < 1.29 is 9.53 Å². The lowest BCUT2D eigenvalue weighted by atomic mass is 9.77. The highest BCUT2D eigenvalue weighted by Crippen LogP contribution is 2.34. The van der Waals surface area contributed by atoms with E-state index in [1.54, 1.807) is 0 Å². The summed E-state index contributed by atoms with van der Waals surface area (Å²) in [6.45, 7) is 6.51. The Hall–Kier alpha value is -0.530. The van der Waals surface area contributed by atoms with Crippen molar-refractivity contribution >= 4 is 5.97 Å². The minimum Gasteiger partial charge on any atom is -0.469 e. The first-order valence-electron chi connectivity index (χ1n) is 11.2. The van der Waals surface area contributed by atoms with Crippen LogP contribution >= 0.6 is 0 Å². The molecule has 0 rings (SSSR count). The third-order valence-corrected chi connectivity index (χ3v) is 5.98. The van der Waals surface area contributed by atoms with Gasteiger partial charge in [0, 0.05) is 0 Å². The molecule has 2 nitrogen and oxygen atoms in total. The quantitative estimate of drug-likeness (QED) is 0.185. The molecule has 0 heterocycles. The summed E-state index contributed by atoms with van der Waals surface area (Å²) in [5.74, 6) is -0.00723. The van der Waals surface area contributed by atoms with Gasteiger partial charge in [0.25, 0.3) is 0 Å². The molecule has 0 saturated heterocycles. The summed E-state index contributed by atoms with van der Waals surface area (Å²) in [7, 11) is 1.52. The zero-order chi connectivity index (χ0) is 18.8. The van der Waals surface area contributed by atoms with Crippen molar-refractivity contribution in [2.75, 3.05) is 7.11 Å². The van der Waals surface area contributed by atoms with Crippen LogP contribution < -0.4 is 0 Å². The standard InChI is InChI=1S/C23H46O2/c1-5-8-9-10-11-12-13-14-15-16-17-18-19-20-21-23(6-2,7-3)22(24)25-4/h5-21H2,1-4H3. The van der Waals surface area contributed by atoms with Crippen LogP contribution in [0.2, 0.25) is 0 Å². The Morgan fingerprint density at radius 1 is 0.640 bits per heavy atom. The zero-order valence-electron chi connectivity index (χ0n) is 17.8. The van der Waals surface area contributed by atoms with Crippen molar-refractivity contribution in [1.29, 1.82) is 0 Å². The molecule has 0 aliphatic rings. The Balaban J connectivity index is 3.47. The fourth-order valence-corrected chi connectivity index (χ4v) is 3.87. The van der Waals surface area contributed by atoms with Crippen molar-refractivity contribution in [3.8, 4) is 0 Å². The average molecular weight is 355 g/mol. The van der Waals surface area contributed by atoms with Gasteiger partial charge >= 0.3 is 5.97 Å². The molecule has 0 N–H and O–H groups in total. The van der Waals surface area contributed by atoms with Gasteiger partial charge in [0.05, 0.1) is 12.5 Å². The third kappa shape index (κ3) is 11.7. The molecule has 2 heteroatoms. The van der Waals surface area contributed by atoms with Gasteiger partial charge in [0.15, 0.2) is 0 Å². The lowest BCUT2D eigenvalue weighted by Gasteiger charge is -2.28. The SMILES string of the molecule is CCCCCCCCCCCCCCCCC(CC)(CC)C(=O)OC. The lowest BCUT2D eigenvalue weighted by molar-refractivity contribution is -0.154. The maximum Gasteiger partial charge on any atom is 0.311 e. The molecule has 0 aliphatic heterocycles. The molecule has 0 aromatic carbocycles. The van der Waals surface area contributed by atoms with Crippen LogP contribution in [-0.4, -0.2) is 13.1 Å². The van der Waals surface area contributed by atoms with Crippen molar-refractivity contribution in [3.63, 3.8) is 0 Å². The van der Waals surface area contributed by atoms with Gasteiger partial charge in [-0.1, -0.05) is 111 Å². The van der Waals surface area contributed by atoms with Crippen LogP contribution in [0.15, 0.2) is 0 Å². The second-order valence-corrected chi connectivity index (χ2v) is 7.83. The van der Waals surface area contributed by atoms with Gasteiger partial charge in [-0.25, -0.2) is 0 Å². The molecule has 0 saturated carbocycles. The Morgan fingerprint density at radius 3 is 1.32 bits per heavy atom. The molecule has 0 aliphatic carbocycles. The predicted molar refractivity (Wildman–Crippen MR) is 110 cm³/mol. The van der Waals surface area contributed by atoms with E-state index in [-0.39, 0.29) is 11.4 Å². The molecule has 0 aromatic rings. The second kappa shape index (κ2) is 16.9. The Bertz CT molecular complexity index is 294. The first-order valence-corrected chi connectivity index (χ1v) is 11.2. The number of hydrogen-bond donors (Lipinski definition) is 0. The van der Waals surface area contributed by atoms with E-state index >= 15 is 0 Å². The van der Waals surface area contributed by atoms with Crippen molar-refractivity contribution in [1.82, 2.24) is 0 Å². The Morgan fingerprint density at radius 2 is 1.00 bits per heavy atom. The molecule has 0 amide bonds. The van der Waals surface area contributed by atoms with Crippen molar-refractivity contribution in [2.45, 2.75) is 130 Å². The molecule has 25 heavy (non-hydrogen) atoms. The van der Waals surface area contributed by atoms with Gasteiger partial charge in [-0.15, -0.1) is 0 Å². The van der Waals surface area contributed by atoms with Gasteiger partial charge in [-0.3, -0.25) is 4.79 Å². The van der Waals surface area contributed by atoms with Crippen LogP contribution in [0.25, 0.3) is 0 Å². The van der Waals surface area contributed by atoms with E-state index < -0.39 is 0 Å². The van der Waals surface area contributed by atoms with Crippen LogP contribution in [0.1, 0.15) is 130 Å². The number of unbranched alkanes of at least 4 members (excludes halogenated alkanes) is 13. The summed E-state index contributed by atoms with van der Waals surface area (Å²) in [4.78, 5) is 12.0. The Kier molecular flexibility index (Phi) is 16.6. The Labute approximate surface area is 158 Å². The average Bonchev–Trinajstić information content (AvgIpc) is 2.65. The molecule has 0 atom stereocenters. The van der Waals surface area contributed by atoms with Gasteiger partial charge in [0.1, 0.15) is 0 Å². The second-order valence-electron chi connectivity index (χ2n) is 7.83. The third-order valence-electron chi connectivity index (χ3n) is 5.98. The zero-order valence-corrected chi connectivity index (χ0v) is 17.8. The van der Waals surface area contributed by atoms with E-state index in [2.05, 4.69) is 20.8 Å². The summed E-state index contributed by atoms with van der Waals surface area (Å²) >= 11 is 0. The number of ether oxygens (including phenoxy) is 1. The van der Waals surface area contributed by atoms with Crippen LogP contribution in [-0.2, 0) is 9.53 Å². The van der Waals surface area contributed by atoms with Crippen LogP contribution in [0.3, 0.4) is 0 Å². The number of hydrogen-bond acceptors (Lipinski definition) is 2. The van der Waals surface area contributed by atoms with Crippen LogP contribution in [0.5, 0.6) is 0 Å². The van der Waals surface area contributed by atoms with E-state index in [9.17, 15) is 4.79 Å². The summed E-state index contributed by atoms with van der Waals surface area (Å²) < 4.78 is 5.03. The van der Waals surface area contributed by atoms with E-state index in [1.807, 2.05) is 0 Å². The van der Waals surface area contributed by atoms with E-state index in [1.165, 1.54) is 90.6 Å². The smallest absolute Gasteiger partial charge is 0.311 e. The first kappa shape index (κ1) is 24.5. The molecule has 0 unspecified atom stereocenters. The van der Waals surface area contributed by atoms with Gasteiger partial charge in [0.2, 0.25) is 0 Å². The molecule has 0 fully saturated rings. The topological polar surface area (TPSA) is 26.3 Å². The fraction of sp³-hybridized carbons (Fsp3) is 0.957. The predicted octanol–water partition coefficient (Wildman–Crippen LogP) is 7.84. The van der Waals surface area contributed by atoms with Gasteiger partial charge < -0.3 is 4.74 Å². The highest BCUT2D eigenvalue weighted by Gasteiger charge is 2.35. The molecular weight excluding hydrogens is 308 g/mol. The summed E-state index contributed by atoms with van der Waals surface area (Å²) in [6, 6.07) is 0. The van der Waals surface area contributed by atoms with Crippen molar-refractivity contribution in [3.05, 3.63) is 0 Å². The molecule has 0 radical (unpaired) electrons. The normalized spacial score (nSPS) is 11.7. The fourth-order valence-electron chi connectivity index (χ4n) is 3.87. The van der Waals surface area contributed by atoms with Crippen LogP contribution in [0, 0.1) is 5.41 Å². The minimum absolute atomic E-state index is 0.00723. The number of carbonyl (C=O) groups excluding carboxylic acids is 1. The largest absolute Gasteiger partial charge is 0.469 e. The molecule has 0 bridgehead atoms. The highest BCUT2D eigenvalue weighted by atomic mass is 16.5. The first-order chi connectivity index (χ1) is 12.2. The number of carbonyl (C=O) groups is 1. The van der Waals surface area contributed by atoms with E-state index in [4.69, 9.17) is 4.74 Å². The molecule has 0 spiro atoms. The molecular formula is C23H46O2. The highest BCUT2D eigenvalue weighted by molar-refractivity contribution is 5.76. The monoisotopic (exact) mass is 354 g/mol.